The number of rotatable bonds is 3. The van der Waals surface area contributed by atoms with E-state index in [1.165, 1.54) is 19.5 Å². The smallest absolute Gasteiger partial charge is 0.292 e. The molecule has 0 aliphatic carbocycles. The quantitative estimate of drug-likeness (QED) is 0.599. The maximum absolute atomic E-state index is 13.0. The van der Waals surface area contributed by atoms with E-state index in [2.05, 4.69) is 15.0 Å². The number of amides is 1. The number of hydrogen-bond acceptors (Lipinski definition) is 5. The number of hydrogen-bond donors (Lipinski definition) is 1. The van der Waals surface area contributed by atoms with E-state index in [4.69, 9.17) is 27.9 Å². The zero-order valence-corrected chi connectivity index (χ0v) is 17.9. The highest BCUT2D eigenvalue weighted by Crippen LogP contribution is 2.43. The molecule has 0 unspecified atom stereocenters. The number of benzene rings is 1. The van der Waals surface area contributed by atoms with Crippen molar-refractivity contribution in [3.63, 3.8) is 0 Å². The van der Waals surface area contributed by atoms with Gasteiger partial charge >= 0.3 is 0 Å². The average molecular weight is 437 g/mol. The fraction of sp³-hybridized carbons (Fsp3) is 0.316. The van der Waals surface area contributed by atoms with Crippen LogP contribution in [0.2, 0.25) is 10.0 Å². The van der Waals surface area contributed by atoms with Crippen LogP contribution in [-0.2, 0) is 6.42 Å². The molecule has 1 atom stereocenters. The summed E-state index contributed by atoms with van der Waals surface area (Å²) in [5.41, 5.74) is 2.96. The number of nitrogens with zero attached hydrogens (tertiary/aromatic N) is 3. The molecule has 0 radical (unpaired) electrons. The Hall–Kier alpha value is -1.96. The lowest BCUT2D eigenvalue weighted by atomic mass is 9.97. The number of ether oxygens (including phenoxy) is 1. The Balaban J connectivity index is 1.75. The van der Waals surface area contributed by atoms with Crippen LogP contribution in [-0.4, -0.2) is 45.7 Å². The van der Waals surface area contributed by atoms with Crippen LogP contribution in [0.4, 0.5) is 0 Å². The first kappa shape index (κ1) is 19.4. The predicted octanol–water partition coefficient (Wildman–Crippen LogP) is 4.75. The number of H-pyrrole nitrogens is 1. The molecule has 0 saturated heterocycles. The van der Waals surface area contributed by atoms with Crippen LogP contribution in [0.1, 0.15) is 34.8 Å². The number of fused-ring (bicyclic) bond motifs is 3. The van der Waals surface area contributed by atoms with Crippen molar-refractivity contribution < 1.29 is 9.53 Å². The monoisotopic (exact) mass is 436 g/mol. The van der Waals surface area contributed by atoms with Crippen molar-refractivity contribution in [2.24, 2.45) is 0 Å². The van der Waals surface area contributed by atoms with E-state index >= 15 is 0 Å². The van der Waals surface area contributed by atoms with E-state index in [0.717, 1.165) is 27.1 Å². The van der Waals surface area contributed by atoms with Gasteiger partial charge in [0, 0.05) is 34.5 Å². The van der Waals surface area contributed by atoms with Crippen LogP contribution < -0.4 is 4.74 Å². The van der Waals surface area contributed by atoms with Gasteiger partial charge in [-0.25, -0.2) is 9.97 Å². The number of aromatic nitrogens is 3. The van der Waals surface area contributed by atoms with Crippen LogP contribution in [0, 0.1) is 0 Å². The molecule has 1 amide bonds. The summed E-state index contributed by atoms with van der Waals surface area (Å²) in [7, 11) is 1.53. The van der Waals surface area contributed by atoms with Gasteiger partial charge in [0.15, 0.2) is 5.75 Å². The summed E-state index contributed by atoms with van der Waals surface area (Å²) in [6.45, 7) is 2.57. The van der Waals surface area contributed by atoms with Crippen LogP contribution >= 0.6 is 35.0 Å². The number of nitrogens with one attached hydrogen (secondary N) is 1. The van der Waals surface area contributed by atoms with Gasteiger partial charge in [-0.2, -0.15) is 0 Å². The Kier molecular flexibility index (Phi) is 5.16. The lowest BCUT2D eigenvalue weighted by molar-refractivity contribution is 0.0665. The molecule has 0 spiro atoms. The highest BCUT2D eigenvalue weighted by Gasteiger charge is 2.33. The largest absolute Gasteiger partial charge is 0.494 e. The lowest BCUT2D eigenvalue weighted by Gasteiger charge is -2.33. The molecule has 3 heterocycles. The molecule has 1 aliphatic heterocycles. The predicted molar refractivity (Wildman–Crippen MR) is 112 cm³/mol. The molecule has 2 aromatic heterocycles. The van der Waals surface area contributed by atoms with Crippen LogP contribution in [0.3, 0.4) is 0 Å². The molecule has 146 valence electrons. The summed E-state index contributed by atoms with van der Waals surface area (Å²) in [4.78, 5) is 27.4. The zero-order valence-electron chi connectivity index (χ0n) is 15.5. The maximum Gasteiger partial charge on any atom is 0.292 e. The summed E-state index contributed by atoms with van der Waals surface area (Å²) in [6.07, 6.45) is 5.65. The fourth-order valence-corrected chi connectivity index (χ4v) is 4.87. The second-order valence-corrected chi connectivity index (χ2v) is 8.12. The molecule has 4 rings (SSSR count). The van der Waals surface area contributed by atoms with E-state index in [0.29, 0.717) is 28.8 Å². The van der Waals surface area contributed by atoms with E-state index in [9.17, 15) is 4.79 Å². The van der Waals surface area contributed by atoms with Crippen LogP contribution in [0.5, 0.6) is 5.75 Å². The highest BCUT2D eigenvalue weighted by molar-refractivity contribution is 7.98. The van der Waals surface area contributed by atoms with Gasteiger partial charge in [0.1, 0.15) is 0 Å². The Morgan fingerprint density at radius 3 is 2.68 bits per heavy atom. The van der Waals surface area contributed by atoms with Gasteiger partial charge in [0.25, 0.3) is 5.91 Å². The summed E-state index contributed by atoms with van der Waals surface area (Å²) in [6, 6.07) is 1.89. The SMILES string of the molecule is COc1cnc(C(=O)N2CCc3[nH]c4c(Cl)c(Cl)c(SC)cc4c3[C@H]2C)nc1. The molecule has 28 heavy (non-hydrogen) atoms. The average Bonchev–Trinajstić information content (AvgIpc) is 3.10. The van der Waals surface area contributed by atoms with Gasteiger partial charge in [-0.15, -0.1) is 11.8 Å². The second kappa shape index (κ2) is 7.46. The van der Waals surface area contributed by atoms with E-state index in [1.54, 1.807) is 16.7 Å². The molecular weight excluding hydrogens is 419 g/mol. The highest BCUT2D eigenvalue weighted by atomic mass is 35.5. The van der Waals surface area contributed by atoms with Crippen molar-refractivity contribution >= 4 is 51.8 Å². The first-order valence-corrected chi connectivity index (χ1v) is 10.7. The maximum atomic E-state index is 13.0. The van der Waals surface area contributed by atoms with Crippen LogP contribution in [0.25, 0.3) is 10.9 Å². The van der Waals surface area contributed by atoms with Gasteiger partial charge in [-0.1, -0.05) is 23.2 Å². The number of aromatic amines is 1. The fourth-order valence-electron chi connectivity index (χ4n) is 3.66. The number of halogens is 2. The first-order chi connectivity index (χ1) is 13.5. The molecule has 0 fully saturated rings. The van der Waals surface area contributed by atoms with Crippen molar-refractivity contribution in [2.45, 2.75) is 24.3 Å². The number of methoxy groups -OCH3 is 1. The van der Waals surface area contributed by atoms with E-state index in [-0.39, 0.29) is 17.8 Å². The summed E-state index contributed by atoms with van der Waals surface area (Å²) in [5.74, 6) is 0.459. The minimum Gasteiger partial charge on any atom is -0.494 e. The van der Waals surface area contributed by atoms with Gasteiger partial charge < -0.3 is 14.6 Å². The van der Waals surface area contributed by atoms with Crippen molar-refractivity contribution in [3.05, 3.63) is 45.6 Å². The Morgan fingerprint density at radius 2 is 2.04 bits per heavy atom. The van der Waals surface area contributed by atoms with Gasteiger partial charge in [0.2, 0.25) is 5.82 Å². The molecule has 1 aromatic carbocycles. The summed E-state index contributed by atoms with van der Waals surface area (Å²) in [5, 5.41) is 2.06. The molecule has 0 bridgehead atoms. The molecule has 6 nitrogen and oxygen atoms in total. The second-order valence-electron chi connectivity index (χ2n) is 6.52. The van der Waals surface area contributed by atoms with Gasteiger partial charge in [-0.05, 0) is 19.2 Å². The lowest BCUT2D eigenvalue weighted by Crippen LogP contribution is -2.39. The van der Waals surface area contributed by atoms with Crippen molar-refractivity contribution in [1.29, 1.82) is 0 Å². The Labute approximate surface area is 176 Å². The third-order valence-corrected chi connectivity index (χ3v) is 6.83. The van der Waals surface area contributed by atoms with E-state index in [1.807, 2.05) is 19.2 Å². The Morgan fingerprint density at radius 1 is 1.32 bits per heavy atom. The van der Waals surface area contributed by atoms with E-state index < -0.39 is 0 Å². The standard InChI is InChI=1S/C19H18Cl2N4O2S/c1-9-14-11-6-13(28-3)15(20)16(21)17(11)24-12(14)4-5-25(9)19(26)18-22-7-10(27-2)8-23-18/h6-9,24H,4-5H2,1-3H3/t9-/m1/s1. The molecule has 0 saturated carbocycles. The zero-order chi connectivity index (χ0) is 20.0. The normalized spacial score (nSPS) is 16.3. The van der Waals surface area contributed by atoms with Crippen molar-refractivity contribution in [1.82, 2.24) is 19.9 Å². The molecule has 9 heteroatoms. The topological polar surface area (TPSA) is 71.1 Å². The van der Waals surface area contributed by atoms with Crippen LogP contribution in [0.15, 0.2) is 23.4 Å². The van der Waals surface area contributed by atoms with Gasteiger partial charge in [0.05, 0.1) is 41.1 Å². The number of carbonyl (C=O) groups excluding carboxylic acids is 1. The molecule has 3 aromatic rings. The summed E-state index contributed by atoms with van der Waals surface area (Å²) >= 11 is 14.4. The molecule has 1 N–H and O–H groups in total. The summed E-state index contributed by atoms with van der Waals surface area (Å²) < 4.78 is 5.06. The minimum absolute atomic E-state index is 0.150. The number of carbonyl (C=O) groups is 1. The third kappa shape index (κ3) is 3.02. The Bertz CT molecular complexity index is 1070. The molecule has 1 aliphatic rings. The first-order valence-electron chi connectivity index (χ1n) is 8.69. The van der Waals surface area contributed by atoms with Crippen molar-refractivity contribution in [2.75, 3.05) is 19.9 Å². The number of thioether (sulfide) groups is 1. The molecular formula is C19H18Cl2N4O2S. The van der Waals surface area contributed by atoms with Gasteiger partial charge in [-0.3, -0.25) is 4.79 Å². The minimum atomic E-state index is -0.208. The third-order valence-electron chi connectivity index (χ3n) is 5.09. The van der Waals surface area contributed by atoms with Crippen molar-refractivity contribution in [3.8, 4) is 5.75 Å².